The van der Waals surface area contributed by atoms with Crippen molar-refractivity contribution < 1.29 is 0 Å². The van der Waals surface area contributed by atoms with E-state index < -0.39 is 0 Å². The average molecular weight is 491 g/mol. The third kappa shape index (κ3) is 3.28. The molecule has 0 atom stereocenters. The first kappa shape index (κ1) is 19.5. The molecule has 0 bridgehead atoms. The van der Waals surface area contributed by atoms with E-state index in [1.807, 2.05) is 11.3 Å². The first-order valence-corrected chi connectivity index (χ1v) is 12.3. The Morgan fingerprint density at radius 2 is 0.938 bits per heavy atom. The number of hydrogen-bond donors (Lipinski definition) is 0. The normalized spacial score (nSPS) is 11.3. The molecule has 0 saturated heterocycles. The molecule has 0 aliphatic rings. The SMILES string of the molecule is Brc1c2ccccc2c(-c2cccc(-c3ccc(-c4ccccc4)s3)c2)c2ccccc12. The third-order valence-corrected chi connectivity index (χ3v) is 8.00. The van der Waals surface area contributed by atoms with Crippen LogP contribution in [0.15, 0.2) is 120 Å². The van der Waals surface area contributed by atoms with Crippen molar-refractivity contribution in [3.63, 3.8) is 0 Å². The predicted octanol–water partition coefficient (Wildman–Crippen LogP) is 9.82. The molecule has 152 valence electrons. The van der Waals surface area contributed by atoms with Crippen molar-refractivity contribution in [3.05, 3.63) is 120 Å². The van der Waals surface area contributed by atoms with E-state index in [-0.39, 0.29) is 0 Å². The molecule has 1 aromatic heterocycles. The zero-order valence-corrected chi connectivity index (χ0v) is 19.7. The van der Waals surface area contributed by atoms with Crippen LogP contribution in [0, 0.1) is 0 Å². The maximum Gasteiger partial charge on any atom is 0.0349 e. The molecule has 6 rings (SSSR count). The van der Waals surface area contributed by atoms with E-state index in [1.54, 1.807) is 0 Å². The summed E-state index contributed by atoms with van der Waals surface area (Å²) in [4.78, 5) is 2.59. The zero-order valence-electron chi connectivity index (χ0n) is 17.3. The summed E-state index contributed by atoms with van der Waals surface area (Å²) in [6.45, 7) is 0. The Hall–Kier alpha value is -3.20. The summed E-state index contributed by atoms with van der Waals surface area (Å²) in [5, 5.41) is 5.03. The molecule has 0 radical (unpaired) electrons. The van der Waals surface area contributed by atoms with Gasteiger partial charge < -0.3 is 0 Å². The maximum absolute atomic E-state index is 3.87. The molecule has 0 amide bonds. The van der Waals surface area contributed by atoms with E-state index in [9.17, 15) is 0 Å². The van der Waals surface area contributed by atoms with Crippen LogP contribution in [0.25, 0.3) is 53.6 Å². The average Bonchev–Trinajstić information content (AvgIpc) is 3.36. The van der Waals surface area contributed by atoms with Crippen molar-refractivity contribution in [3.8, 4) is 32.0 Å². The fourth-order valence-corrected chi connectivity index (χ4v) is 6.16. The van der Waals surface area contributed by atoms with Gasteiger partial charge in [-0.15, -0.1) is 11.3 Å². The van der Waals surface area contributed by atoms with Crippen LogP contribution in [-0.2, 0) is 0 Å². The molecule has 5 aromatic carbocycles. The van der Waals surface area contributed by atoms with Crippen LogP contribution in [0.5, 0.6) is 0 Å². The molecule has 0 fully saturated rings. The van der Waals surface area contributed by atoms with Crippen LogP contribution in [0.4, 0.5) is 0 Å². The molecule has 0 saturated carbocycles. The topological polar surface area (TPSA) is 0 Å². The molecule has 1 heterocycles. The summed E-state index contributed by atoms with van der Waals surface area (Å²) < 4.78 is 1.16. The van der Waals surface area contributed by atoms with E-state index >= 15 is 0 Å². The second-order valence-corrected chi connectivity index (χ2v) is 9.77. The minimum Gasteiger partial charge on any atom is -0.135 e. The third-order valence-electron chi connectivity index (χ3n) is 5.97. The van der Waals surface area contributed by atoms with Gasteiger partial charge in [-0.3, -0.25) is 0 Å². The molecule has 0 N–H and O–H groups in total. The van der Waals surface area contributed by atoms with Gasteiger partial charge in [0.1, 0.15) is 0 Å². The lowest BCUT2D eigenvalue weighted by molar-refractivity contribution is 1.66. The lowest BCUT2D eigenvalue weighted by Crippen LogP contribution is -1.88. The van der Waals surface area contributed by atoms with Crippen LogP contribution >= 0.6 is 27.3 Å². The van der Waals surface area contributed by atoms with Gasteiger partial charge in [-0.25, -0.2) is 0 Å². The molecular formula is C30H19BrS. The van der Waals surface area contributed by atoms with Crippen molar-refractivity contribution in [1.82, 2.24) is 0 Å². The molecule has 32 heavy (non-hydrogen) atoms. The summed E-state index contributed by atoms with van der Waals surface area (Å²) in [6, 6.07) is 41.4. The van der Waals surface area contributed by atoms with Crippen LogP contribution in [-0.4, -0.2) is 0 Å². The Morgan fingerprint density at radius 1 is 0.438 bits per heavy atom. The largest absolute Gasteiger partial charge is 0.135 e. The first-order valence-electron chi connectivity index (χ1n) is 10.6. The van der Waals surface area contributed by atoms with E-state index in [4.69, 9.17) is 0 Å². The highest BCUT2D eigenvalue weighted by molar-refractivity contribution is 9.10. The molecular weight excluding hydrogens is 472 g/mol. The minimum absolute atomic E-state index is 1.16. The van der Waals surface area contributed by atoms with Gasteiger partial charge in [0.2, 0.25) is 0 Å². The van der Waals surface area contributed by atoms with Gasteiger partial charge in [0.25, 0.3) is 0 Å². The summed E-state index contributed by atoms with van der Waals surface area (Å²) in [7, 11) is 0. The van der Waals surface area contributed by atoms with Crippen LogP contribution in [0.3, 0.4) is 0 Å². The van der Waals surface area contributed by atoms with Crippen LogP contribution < -0.4 is 0 Å². The molecule has 0 spiro atoms. The number of halogens is 1. The van der Waals surface area contributed by atoms with E-state index in [0.717, 1.165) is 4.47 Å². The van der Waals surface area contributed by atoms with Crippen LogP contribution in [0.1, 0.15) is 0 Å². The van der Waals surface area contributed by atoms with Gasteiger partial charge >= 0.3 is 0 Å². The fourth-order valence-electron chi connectivity index (χ4n) is 4.46. The van der Waals surface area contributed by atoms with E-state index in [2.05, 4.69) is 131 Å². The van der Waals surface area contributed by atoms with Crippen molar-refractivity contribution in [1.29, 1.82) is 0 Å². The highest BCUT2D eigenvalue weighted by Crippen LogP contribution is 2.43. The van der Waals surface area contributed by atoms with Gasteiger partial charge in [0.15, 0.2) is 0 Å². The van der Waals surface area contributed by atoms with Gasteiger partial charge in [0.05, 0.1) is 0 Å². The second kappa shape index (κ2) is 8.05. The van der Waals surface area contributed by atoms with Crippen molar-refractivity contribution in [2.24, 2.45) is 0 Å². The first-order chi connectivity index (χ1) is 15.8. The number of rotatable bonds is 3. The second-order valence-electron chi connectivity index (χ2n) is 7.89. The maximum atomic E-state index is 3.87. The van der Waals surface area contributed by atoms with E-state index in [1.165, 1.54) is 53.6 Å². The van der Waals surface area contributed by atoms with Crippen molar-refractivity contribution in [2.75, 3.05) is 0 Å². The minimum atomic E-state index is 1.16. The van der Waals surface area contributed by atoms with E-state index in [0.29, 0.717) is 0 Å². The summed E-state index contributed by atoms with van der Waals surface area (Å²) in [5.41, 5.74) is 5.06. The predicted molar refractivity (Wildman–Crippen MR) is 143 cm³/mol. The zero-order chi connectivity index (χ0) is 21.5. The highest BCUT2D eigenvalue weighted by Gasteiger charge is 2.14. The monoisotopic (exact) mass is 490 g/mol. The number of benzene rings is 5. The van der Waals surface area contributed by atoms with Gasteiger partial charge in [-0.05, 0) is 77.9 Å². The van der Waals surface area contributed by atoms with Crippen LogP contribution in [0.2, 0.25) is 0 Å². The number of hydrogen-bond acceptors (Lipinski definition) is 1. The van der Waals surface area contributed by atoms with Crippen molar-refractivity contribution in [2.45, 2.75) is 0 Å². The quantitative estimate of drug-likeness (QED) is 0.216. The van der Waals surface area contributed by atoms with Crippen molar-refractivity contribution >= 4 is 48.8 Å². The molecule has 2 heteroatoms. The summed E-state index contributed by atoms with van der Waals surface area (Å²) in [6.07, 6.45) is 0. The molecule has 6 aromatic rings. The fraction of sp³-hybridized carbons (Fsp3) is 0. The lowest BCUT2D eigenvalue weighted by atomic mass is 9.91. The lowest BCUT2D eigenvalue weighted by Gasteiger charge is -2.15. The molecule has 0 nitrogen and oxygen atoms in total. The Kier molecular flexibility index (Phi) is 4.90. The molecule has 0 unspecified atom stereocenters. The number of thiophene rings is 1. The van der Waals surface area contributed by atoms with Gasteiger partial charge in [-0.2, -0.15) is 0 Å². The standard InChI is InChI=1S/C30H19BrS/c31-30-25-15-6-4-13-23(25)29(24-14-5-7-16-26(24)30)22-12-8-11-21(19-22)28-18-17-27(32-28)20-9-2-1-3-10-20/h1-19H. The van der Waals surface area contributed by atoms with Gasteiger partial charge in [0, 0.05) is 14.2 Å². The molecule has 0 aliphatic heterocycles. The molecule has 0 aliphatic carbocycles. The Balaban J connectivity index is 1.55. The Bertz CT molecular complexity index is 1520. The smallest absolute Gasteiger partial charge is 0.0349 e. The Morgan fingerprint density at radius 3 is 1.59 bits per heavy atom. The van der Waals surface area contributed by atoms with Gasteiger partial charge in [-0.1, -0.05) is 97.1 Å². The summed E-state index contributed by atoms with van der Waals surface area (Å²) >= 11 is 5.71. The highest BCUT2D eigenvalue weighted by atomic mass is 79.9. The number of fused-ring (bicyclic) bond motifs is 2. The summed E-state index contributed by atoms with van der Waals surface area (Å²) in [5.74, 6) is 0. The Labute approximate surface area is 199 Å².